The van der Waals surface area contributed by atoms with E-state index in [4.69, 9.17) is 10.4 Å². The van der Waals surface area contributed by atoms with E-state index in [9.17, 15) is 4.79 Å². The van der Waals surface area contributed by atoms with Crippen molar-refractivity contribution in [3.63, 3.8) is 0 Å². The Morgan fingerprint density at radius 1 is 1.58 bits per heavy atom. The molecule has 0 aliphatic rings. The van der Waals surface area contributed by atoms with Gasteiger partial charge in [-0.2, -0.15) is 0 Å². The predicted octanol–water partition coefficient (Wildman–Crippen LogP) is 1.15. The van der Waals surface area contributed by atoms with Crippen molar-refractivity contribution in [2.75, 3.05) is 0 Å². The molecule has 0 aliphatic heterocycles. The molecule has 0 saturated carbocycles. The Morgan fingerprint density at radius 2 is 2.17 bits per heavy atom. The maximum Gasteiger partial charge on any atom is 0.129 e. The highest BCUT2D eigenvalue weighted by molar-refractivity contribution is 5.75. The van der Waals surface area contributed by atoms with Crippen LogP contribution >= 0.6 is 0 Å². The number of ketones is 1. The van der Waals surface area contributed by atoms with Gasteiger partial charge < -0.3 is 4.79 Å². The minimum Gasteiger partial charge on any atom is -0.300 e. The van der Waals surface area contributed by atoms with E-state index in [1.54, 1.807) is 6.92 Å². The van der Waals surface area contributed by atoms with Crippen molar-refractivity contribution >= 4 is 5.78 Å². The van der Waals surface area contributed by atoms with Crippen LogP contribution in [0.4, 0.5) is 0 Å². The molecule has 2 N–H and O–H groups in total. The third-order valence-electron chi connectivity index (χ3n) is 1.41. The lowest BCUT2D eigenvalue weighted by atomic mass is 10.1. The molecule has 0 aromatic carbocycles. The van der Waals surface area contributed by atoms with Crippen LogP contribution in [0.5, 0.6) is 0 Å². The van der Waals surface area contributed by atoms with Crippen LogP contribution in [0, 0.1) is 0 Å². The lowest BCUT2D eigenvalue weighted by molar-refractivity contribution is -0.503. The number of Topliss-reactive ketones (excluding diaryl/α,β-unsaturated/α-hetero) is 1. The van der Waals surface area contributed by atoms with Gasteiger partial charge in [0.2, 0.25) is 0 Å². The first-order valence-electron chi connectivity index (χ1n) is 3.86. The zero-order chi connectivity index (χ0) is 9.56. The molecule has 0 aromatic rings. The number of carbonyl (C=O) groups excluding carboxylic acids is 1. The summed E-state index contributed by atoms with van der Waals surface area (Å²) < 4.78 is 0. The Kier molecular flexibility index (Phi) is 5.83. The Bertz CT molecular complexity index is 137. The lowest BCUT2D eigenvalue weighted by Gasteiger charge is -2.13. The van der Waals surface area contributed by atoms with Crippen LogP contribution in [-0.4, -0.2) is 27.7 Å². The quantitative estimate of drug-likeness (QED) is 0.595. The summed E-state index contributed by atoms with van der Waals surface area (Å²) in [4.78, 5) is 15.0. The predicted molar refractivity (Wildman–Crippen MR) is 40.5 cm³/mol. The van der Waals surface area contributed by atoms with Crippen molar-refractivity contribution < 1.29 is 20.0 Å². The van der Waals surface area contributed by atoms with Gasteiger partial charge in [-0.05, 0) is 26.7 Å². The fourth-order valence-electron chi connectivity index (χ4n) is 0.852. The van der Waals surface area contributed by atoms with Crippen LogP contribution in [0.25, 0.3) is 0 Å². The van der Waals surface area contributed by atoms with E-state index in [1.807, 2.05) is 0 Å². The van der Waals surface area contributed by atoms with Crippen LogP contribution < -0.4 is 0 Å². The molecule has 0 aromatic heterocycles. The van der Waals surface area contributed by atoms with Gasteiger partial charge in [-0.1, -0.05) is 0 Å². The second-order valence-electron chi connectivity index (χ2n) is 2.76. The molecule has 0 aliphatic carbocycles. The van der Waals surface area contributed by atoms with Crippen LogP contribution in [0.15, 0.2) is 0 Å². The van der Waals surface area contributed by atoms with E-state index in [0.717, 1.165) is 0 Å². The SMILES string of the molecule is CC(=O)CCCC(C)ON(O)O. The van der Waals surface area contributed by atoms with Gasteiger partial charge in [0.15, 0.2) is 0 Å². The second-order valence-corrected chi connectivity index (χ2v) is 2.76. The highest BCUT2D eigenvalue weighted by atomic mass is 17.1. The molecule has 0 bridgehead atoms. The molecule has 0 amide bonds. The molecule has 12 heavy (non-hydrogen) atoms. The second kappa shape index (κ2) is 6.07. The molecule has 0 fully saturated rings. The van der Waals surface area contributed by atoms with Crippen LogP contribution in [0.3, 0.4) is 0 Å². The minimum absolute atomic E-state index is 0.132. The van der Waals surface area contributed by atoms with Gasteiger partial charge in [0.25, 0.3) is 0 Å². The molecule has 1 atom stereocenters. The Hall–Kier alpha value is -0.490. The molecule has 1 unspecified atom stereocenters. The maximum absolute atomic E-state index is 10.5. The van der Waals surface area contributed by atoms with E-state index < -0.39 is 0 Å². The average Bonchev–Trinajstić information content (AvgIpc) is 1.84. The van der Waals surface area contributed by atoms with Gasteiger partial charge >= 0.3 is 0 Å². The van der Waals surface area contributed by atoms with Crippen molar-refractivity contribution in [1.82, 2.24) is 5.39 Å². The molecule has 0 rings (SSSR count). The third-order valence-corrected chi connectivity index (χ3v) is 1.41. The van der Waals surface area contributed by atoms with Crippen molar-refractivity contribution in [2.45, 2.75) is 39.2 Å². The number of hydrogen-bond donors (Lipinski definition) is 2. The smallest absolute Gasteiger partial charge is 0.129 e. The summed E-state index contributed by atoms with van der Waals surface area (Å²) in [6.07, 6.45) is 1.53. The van der Waals surface area contributed by atoms with Gasteiger partial charge in [0, 0.05) is 6.42 Å². The summed E-state index contributed by atoms with van der Waals surface area (Å²) in [5.74, 6) is 0.132. The van der Waals surface area contributed by atoms with Crippen molar-refractivity contribution in [3.8, 4) is 0 Å². The molecule has 72 valence electrons. The molecule has 0 radical (unpaired) electrons. The lowest BCUT2D eigenvalue weighted by Crippen LogP contribution is -2.21. The van der Waals surface area contributed by atoms with Gasteiger partial charge in [-0.3, -0.25) is 10.4 Å². The fourth-order valence-corrected chi connectivity index (χ4v) is 0.852. The Balaban J connectivity index is 3.31. The largest absolute Gasteiger partial charge is 0.300 e. The number of nitrogens with zero attached hydrogens (tertiary/aromatic N) is 1. The molecular weight excluding hydrogens is 162 g/mol. The van der Waals surface area contributed by atoms with Gasteiger partial charge in [0.05, 0.1) is 11.5 Å². The Labute approximate surface area is 71.4 Å². The monoisotopic (exact) mass is 177 g/mol. The fraction of sp³-hybridized carbons (Fsp3) is 0.857. The van der Waals surface area contributed by atoms with E-state index >= 15 is 0 Å². The zero-order valence-electron chi connectivity index (χ0n) is 7.36. The van der Waals surface area contributed by atoms with Crippen molar-refractivity contribution in [3.05, 3.63) is 0 Å². The van der Waals surface area contributed by atoms with E-state index in [0.29, 0.717) is 19.3 Å². The first-order chi connectivity index (χ1) is 5.52. The topological polar surface area (TPSA) is 70.0 Å². The minimum atomic E-state index is -0.307. The Morgan fingerprint density at radius 3 is 2.58 bits per heavy atom. The van der Waals surface area contributed by atoms with E-state index in [2.05, 4.69) is 4.84 Å². The standard InChI is InChI=1S/C7H15NO4/c1-6(9)4-3-5-7(2)12-8(10)11/h7,10-11H,3-5H2,1-2H3. The van der Waals surface area contributed by atoms with Gasteiger partial charge in [-0.25, -0.2) is 4.84 Å². The van der Waals surface area contributed by atoms with E-state index in [1.165, 1.54) is 6.92 Å². The molecule has 0 spiro atoms. The third kappa shape index (κ3) is 7.62. The summed E-state index contributed by atoms with van der Waals surface area (Å²) in [5, 5.41) is 16.2. The summed E-state index contributed by atoms with van der Waals surface area (Å²) >= 11 is 0. The molecule has 5 nitrogen and oxygen atoms in total. The number of hydrogen-bond acceptors (Lipinski definition) is 5. The first-order valence-corrected chi connectivity index (χ1v) is 3.86. The van der Waals surface area contributed by atoms with Gasteiger partial charge in [0.1, 0.15) is 5.78 Å². The molecule has 0 saturated heterocycles. The van der Waals surface area contributed by atoms with E-state index in [-0.39, 0.29) is 17.3 Å². The normalized spacial score (nSPS) is 13.4. The van der Waals surface area contributed by atoms with Gasteiger partial charge in [-0.15, -0.1) is 0 Å². The average molecular weight is 177 g/mol. The molecular formula is C7H15NO4. The first kappa shape index (κ1) is 11.5. The highest BCUT2D eigenvalue weighted by Gasteiger charge is 2.06. The van der Waals surface area contributed by atoms with Crippen molar-refractivity contribution in [1.29, 1.82) is 0 Å². The molecule has 5 heteroatoms. The summed E-state index contributed by atoms with van der Waals surface area (Å²) in [7, 11) is 0. The van der Waals surface area contributed by atoms with Crippen LogP contribution in [0.1, 0.15) is 33.1 Å². The van der Waals surface area contributed by atoms with Crippen molar-refractivity contribution in [2.24, 2.45) is 0 Å². The van der Waals surface area contributed by atoms with Crippen LogP contribution in [-0.2, 0) is 9.63 Å². The summed E-state index contributed by atoms with van der Waals surface area (Å²) in [6.45, 7) is 3.22. The zero-order valence-corrected chi connectivity index (χ0v) is 7.36. The summed E-state index contributed by atoms with van der Waals surface area (Å²) in [6, 6.07) is 0. The number of rotatable bonds is 6. The maximum atomic E-state index is 10.5. The summed E-state index contributed by atoms with van der Waals surface area (Å²) in [5.41, 5.74) is 0. The van der Waals surface area contributed by atoms with Crippen LogP contribution in [0.2, 0.25) is 0 Å². The highest BCUT2D eigenvalue weighted by Crippen LogP contribution is 2.04. The number of carbonyl (C=O) groups is 1. The molecule has 0 heterocycles.